The van der Waals surface area contributed by atoms with Crippen LogP contribution in [0.5, 0.6) is 0 Å². The first-order valence-electron chi connectivity index (χ1n) is 2.13. The number of rotatable bonds is 0. The first-order chi connectivity index (χ1) is 5.29. The number of carbonyl (C=O) groups excluding carboxylic acids is 4. The zero-order valence-corrected chi connectivity index (χ0v) is 9.65. The summed E-state index contributed by atoms with van der Waals surface area (Å²) in [5.41, 5.74) is 0. The van der Waals surface area contributed by atoms with Crippen LogP contribution in [0.2, 0.25) is 0 Å². The third kappa shape index (κ3) is 18.1. The molecule has 0 saturated carbocycles. The molecule has 0 bridgehead atoms. The van der Waals surface area contributed by atoms with E-state index in [2.05, 4.69) is 0 Å². The summed E-state index contributed by atoms with van der Waals surface area (Å²) >= 11 is 0. The van der Waals surface area contributed by atoms with E-state index in [4.69, 9.17) is 39.6 Å². The van der Waals surface area contributed by atoms with Crippen LogP contribution >= 0.6 is 0 Å². The molecule has 0 aliphatic rings. The second-order valence-corrected chi connectivity index (χ2v) is 1.15. The van der Waals surface area contributed by atoms with Gasteiger partial charge in [0.2, 0.25) is 0 Å². The molecule has 0 fully saturated rings. The SMILES string of the molecule is O=C([O-])C(=O)[O-].O=C([O-])C(=O)[O-].[Pb+4]. The Kier molecular flexibility index (Phi) is 12.2. The van der Waals surface area contributed by atoms with Gasteiger partial charge in [0, 0.05) is 0 Å². The molecule has 0 aliphatic heterocycles. The van der Waals surface area contributed by atoms with E-state index in [-0.39, 0.29) is 27.3 Å². The van der Waals surface area contributed by atoms with E-state index in [0.717, 1.165) is 0 Å². The average molecular weight is 383 g/mol. The van der Waals surface area contributed by atoms with E-state index in [1.165, 1.54) is 0 Å². The number of carbonyl (C=O) groups is 4. The minimum absolute atomic E-state index is 0. The largest absolute Gasteiger partial charge is 4.00 e. The maximum atomic E-state index is 8.93. The Labute approximate surface area is 90.9 Å². The van der Waals surface area contributed by atoms with E-state index >= 15 is 0 Å². The summed E-state index contributed by atoms with van der Waals surface area (Å²) < 4.78 is 0. The van der Waals surface area contributed by atoms with Crippen LogP contribution in [-0.2, 0) is 19.2 Å². The van der Waals surface area contributed by atoms with Crippen molar-refractivity contribution in [2.45, 2.75) is 0 Å². The summed E-state index contributed by atoms with van der Waals surface area (Å²) in [6.45, 7) is 0. The minimum atomic E-state index is -2.19. The van der Waals surface area contributed by atoms with E-state index in [1.54, 1.807) is 0 Å². The molecule has 0 unspecified atom stereocenters. The summed E-state index contributed by atoms with van der Waals surface area (Å²) in [5.74, 6) is -8.74. The van der Waals surface area contributed by atoms with Crippen LogP contribution in [-0.4, -0.2) is 51.2 Å². The zero-order chi connectivity index (χ0) is 10.3. The van der Waals surface area contributed by atoms with Crippen LogP contribution in [0, 0.1) is 0 Å². The molecule has 68 valence electrons. The molecule has 0 aromatic carbocycles. The third-order valence-electron chi connectivity index (χ3n) is 0.333. The van der Waals surface area contributed by atoms with Gasteiger partial charge in [-0.25, -0.2) is 0 Å². The molecule has 0 rings (SSSR count). The second-order valence-electron chi connectivity index (χ2n) is 1.15. The van der Waals surface area contributed by atoms with E-state index in [0.29, 0.717) is 0 Å². The Balaban J connectivity index is -0.000000143. The molecule has 0 heterocycles. The van der Waals surface area contributed by atoms with Crippen molar-refractivity contribution in [3.05, 3.63) is 0 Å². The Morgan fingerprint density at radius 2 is 0.615 bits per heavy atom. The molecule has 13 heavy (non-hydrogen) atoms. The maximum Gasteiger partial charge on any atom is 4.00 e. The number of hydrogen-bond donors (Lipinski definition) is 0. The molecule has 8 nitrogen and oxygen atoms in total. The van der Waals surface area contributed by atoms with Gasteiger partial charge in [-0.15, -0.1) is 0 Å². The van der Waals surface area contributed by atoms with Crippen LogP contribution in [0.1, 0.15) is 0 Å². The number of aliphatic carboxylic acids is 4. The van der Waals surface area contributed by atoms with Crippen LogP contribution in [0.3, 0.4) is 0 Å². The van der Waals surface area contributed by atoms with Crippen molar-refractivity contribution >= 4 is 51.2 Å². The van der Waals surface area contributed by atoms with Crippen molar-refractivity contribution in [1.82, 2.24) is 0 Å². The summed E-state index contributed by atoms with van der Waals surface area (Å²) in [4.78, 5) is 35.7. The minimum Gasteiger partial charge on any atom is -0.543 e. The predicted molar refractivity (Wildman–Crippen MR) is 25.8 cm³/mol. The number of carboxylic acids is 4. The smallest absolute Gasteiger partial charge is 0.543 e. The van der Waals surface area contributed by atoms with Gasteiger partial charge < -0.3 is 39.6 Å². The van der Waals surface area contributed by atoms with Gasteiger partial charge in [0.25, 0.3) is 0 Å². The van der Waals surface area contributed by atoms with Gasteiger partial charge in [-0.1, -0.05) is 0 Å². The molecule has 0 atom stereocenters. The molecule has 0 aromatic rings. The Bertz CT molecular complexity index is 172. The van der Waals surface area contributed by atoms with Crippen LogP contribution in [0.15, 0.2) is 0 Å². The van der Waals surface area contributed by atoms with Gasteiger partial charge in [-0.3, -0.25) is 0 Å². The zero-order valence-electron chi connectivity index (χ0n) is 5.77. The molecule has 0 aromatic heterocycles. The van der Waals surface area contributed by atoms with Crippen molar-refractivity contribution in [3.63, 3.8) is 0 Å². The number of carboxylic acid groups (broad SMARTS) is 4. The summed E-state index contributed by atoms with van der Waals surface area (Å²) in [7, 11) is 0. The van der Waals surface area contributed by atoms with Crippen LogP contribution < -0.4 is 20.4 Å². The fraction of sp³-hybridized carbons (Fsp3) is 0. The second kappa shape index (κ2) is 8.89. The summed E-state index contributed by atoms with van der Waals surface area (Å²) in [6.07, 6.45) is 0. The van der Waals surface area contributed by atoms with E-state index < -0.39 is 23.9 Å². The maximum absolute atomic E-state index is 8.93. The monoisotopic (exact) mass is 384 g/mol. The molecule has 0 spiro atoms. The van der Waals surface area contributed by atoms with Crippen molar-refractivity contribution < 1.29 is 39.6 Å². The summed E-state index contributed by atoms with van der Waals surface area (Å²) in [6, 6.07) is 0. The van der Waals surface area contributed by atoms with Crippen LogP contribution in [0.4, 0.5) is 0 Å². The van der Waals surface area contributed by atoms with Crippen molar-refractivity contribution in [1.29, 1.82) is 0 Å². The number of hydrogen-bond acceptors (Lipinski definition) is 8. The normalized spacial score (nSPS) is 6.77. The van der Waals surface area contributed by atoms with Crippen LogP contribution in [0.25, 0.3) is 0 Å². The first-order valence-corrected chi connectivity index (χ1v) is 2.13. The molecular weight excluding hydrogens is 383 g/mol. The molecule has 0 saturated heterocycles. The van der Waals surface area contributed by atoms with Gasteiger partial charge in [0.05, 0.1) is 23.9 Å². The molecular formula is C4O8Pb. The molecule has 0 N–H and O–H groups in total. The Morgan fingerprint density at radius 3 is 0.615 bits per heavy atom. The van der Waals surface area contributed by atoms with Crippen molar-refractivity contribution in [2.24, 2.45) is 0 Å². The van der Waals surface area contributed by atoms with Gasteiger partial charge in [0.1, 0.15) is 0 Å². The molecule has 0 amide bonds. The fourth-order valence-corrected chi connectivity index (χ4v) is 0. The Hall–Kier alpha value is -1.20. The third-order valence-corrected chi connectivity index (χ3v) is 0.333. The quantitative estimate of drug-likeness (QED) is 0.294. The fourth-order valence-electron chi connectivity index (χ4n) is 0. The van der Waals surface area contributed by atoms with Gasteiger partial charge in [-0.05, 0) is 0 Å². The van der Waals surface area contributed by atoms with Crippen molar-refractivity contribution in [2.75, 3.05) is 0 Å². The molecule has 0 radical (unpaired) electrons. The standard InChI is InChI=1S/2C2H2O4.Pb/c2*3-1(4)2(5)6;/h2*(H,3,4)(H,5,6);/q;;+4/p-4. The van der Waals surface area contributed by atoms with Gasteiger partial charge >= 0.3 is 27.3 Å². The predicted octanol–water partition coefficient (Wildman–Crippen LogP) is -7.41. The first kappa shape index (κ1) is 17.8. The summed E-state index contributed by atoms with van der Waals surface area (Å²) in [5, 5.41) is 35.7. The van der Waals surface area contributed by atoms with Crippen molar-refractivity contribution in [3.8, 4) is 0 Å². The average Bonchev–Trinajstić information content (AvgIpc) is 1.88. The Morgan fingerprint density at radius 1 is 0.538 bits per heavy atom. The van der Waals surface area contributed by atoms with E-state index in [9.17, 15) is 0 Å². The van der Waals surface area contributed by atoms with E-state index in [1.807, 2.05) is 0 Å². The molecule has 0 aliphatic carbocycles. The van der Waals surface area contributed by atoms with Gasteiger partial charge in [-0.2, -0.15) is 0 Å². The molecule has 9 heteroatoms. The van der Waals surface area contributed by atoms with Gasteiger partial charge in [0.15, 0.2) is 0 Å². The topological polar surface area (TPSA) is 161 Å².